The molecule has 14 heteroatoms. The predicted molar refractivity (Wildman–Crippen MR) is 200 cm³/mol. The smallest absolute Gasteiger partial charge is 0.250 e. The van der Waals surface area contributed by atoms with Gasteiger partial charge in [0.25, 0.3) is 0 Å². The van der Waals surface area contributed by atoms with E-state index in [1.165, 1.54) is 25.6 Å². The number of halogens is 1. The van der Waals surface area contributed by atoms with Crippen LogP contribution in [-0.2, 0) is 29.3 Å². The van der Waals surface area contributed by atoms with Gasteiger partial charge in [0.1, 0.15) is 23.1 Å². The minimum absolute atomic E-state index is 0.132. The second-order valence-electron chi connectivity index (χ2n) is 12.2. The molecule has 0 amide bonds. The van der Waals surface area contributed by atoms with Crippen LogP contribution in [0.15, 0.2) is 102 Å². The van der Waals surface area contributed by atoms with Gasteiger partial charge >= 0.3 is 0 Å². The normalized spacial score (nSPS) is 11.2. The predicted octanol–water partition coefficient (Wildman–Crippen LogP) is 6.75. The molecule has 12 nitrogen and oxygen atoms in total. The van der Waals surface area contributed by atoms with Crippen molar-refractivity contribution >= 4 is 27.3 Å². The Morgan fingerprint density at radius 3 is 1.87 bits per heavy atom. The Labute approximate surface area is 307 Å². The third kappa shape index (κ3) is 9.21. The van der Waals surface area contributed by atoms with Gasteiger partial charge in [-0.1, -0.05) is 36.4 Å². The maximum atomic E-state index is 14.7. The molecule has 0 saturated heterocycles. The molecule has 0 radical (unpaired) electrons. The van der Waals surface area contributed by atoms with Crippen molar-refractivity contribution in [3.05, 3.63) is 131 Å². The number of aromatic nitrogens is 5. The van der Waals surface area contributed by atoms with Crippen molar-refractivity contribution in [2.75, 3.05) is 37.8 Å². The molecule has 6 rings (SSSR count). The zero-order chi connectivity index (χ0) is 37.5. The first-order valence-corrected chi connectivity index (χ1v) is 18.4. The lowest BCUT2D eigenvalue weighted by Gasteiger charge is -2.24. The summed E-state index contributed by atoms with van der Waals surface area (Å²) >= 11 is 0. The highest BCUT2D eigenvalue weighted by Gasteiger charge is 2.19. The summed E-state index contributed by atoms with van der Waals surface area (Å²) in [6.45, 7) is 2.75. The minimum Gasteiger partial charge on any atom is -0.497 e. The first-order chi connectivity index (χ1) is 25.5. The molecule has 3 aromatic heterocycles. The lowest BCUT2D eigenvalue weighted by molar-refractivity contribution is 0.369. The van der Waals surface area contributed by atoms with Crippen LogP contribution < -0.4 is 24.4 Å². The first-order valence-electron chi connectivity index (χ1n) is 16.5. The van der Waals surface area contributed by atoms with Gasteiger partial charge in [-0.3, -0.25) is 0 Å². The number of benzene rings is 3. The van der Waals surface area contributed by atoms with Gasteiger partial charge in [0, 0.05) is 31.6 Å². The minimum atomic E-state index is -3.34. The van der Waals surface area contributed by atoms with E-state index in [0.717, 1.165) is 33.8 Å². The van der Waals surface area contributed by atoms with Gasteiger partial charge < -0.3 is 24.4 Å². The Balaban J connectivity index is 1.42. The average Bonchev–Trinajstić information content (AvgIpc) is 3.15. The van der Waals surface area contributed by atoms with Gasteiger partial charge in [-0.15, -0.1) is 0 Å². The summed E-state index contributed by atoms with van der Waals surface area (Å²) in [7, 11) is 1.26. The van der Waals surface area contributed by atoms with Crippen LogP contribution in [0.2, 0.25) is 0 Å². The van der Waals surface area contributed by atoms with Crippen LogP contribution in [0, 0.1) is 12.7 Å². The van der Waals surface area contributed by atoms with Crippen LogP contribution in [0.25, 0.3) is 11.4 Å². The largest absolute Gasteiger partial charge is 0.497 e. The van der Waals surface area contributed by atoms with E-state index in [9.17, 15) is 12.8 Å². The van der Waals surface area contributed by atoms with E-state index in [1.807, 2.05) is 54.6 Å². The highest BCUT2D eigenvalue weighted by atomic mass is 32.2. The maximum absolute atomic E-state index is 14.7. The highest BCUT2D eigenvalue weighted by Crippen LogP contribution is 2.31. The molecule has 3 aromatic carbocycles. The maximum Gasteiger partial charge on any atom is 0.250 e. The van der Waals surface area contributed by atoms with Gasteiger partial charge in [-0.25, -0.2) is 27.8 Å². The number of hydrogen-bond donors (Lipinski definition) is 1. The van der Waals surface area contributed by atoms with Crippen molar-refractivity contribution in [1.82, 2.24) is 24.9 Å². The van der Waals surface area contributed by atoms with Gasteiger partial charge in [0.15, 0.2) is 21.5 Å². The lowest BCUT2D eigenvalue weighted by Crippen LogP contribution is -2.25. The fraction of sp³-hybridized carbons (Fsp3) is 0.205. The van der Waals surface area contributed by atoms with E-state index in [4.69, 9.17) is 34.1 Å². The Kier molecular flexibility index (Phi) is 11.1. The summed E-state index contributed by atoms with van der Waals surface area (Å²) < 4.78 is 54.5. The van der Waals surface area contributed by atoms with Crippen LogP contribution in [0.3, 0.4) is 0 Å². The fourth-order valence-corrected chi connectivity index (χ4v) is 6.21. The molecule has 0 fully saturated rings. The quantitative estimate of drug-likeness (QED) is 0.127. The number of anilines is 3. The zero-order valence-corrected chi connectivity index (χ0v) is 30.7. The summed E-state index contributed by atoms with van der Waals surface area (Å²) in [5, 5.41) is 3.17. The molecule has 0 saturated carbocycles. The molecule has 0 unspecified atom stereocenters. The molecule has 3 heterocycles. The van der Waals surface area contributed by atoms with Crippen molar-refractivity contribution < 1.29 is 27.0 Å². The van der Waals surface area contributed by atoms with Gasteiger partial charge in [0.05, 0.1) is 43.7 Å². The number of sulfone groups is 1. The Hall–Kier alpha value is -6.15. The highest BCUT2D eigenvalue weighted by molar-refractivity contribution is 7.90. The molecule has 272 valence electrons. The van der Waals surface area contributed by atoms with Crippen molar-refractivity contribution in [1.29, 1.82) is 0 Å². The lowest BCUT2D eigenvalue weighted by atomic mass is 10.0. The number of pyridine rings is 2. The molecule has 0 atom stereocenters. The van der Waals surface area contributed by atoms with E-state index in [0.29, 0.717) is 54.2 Å². The number of nitrogens with zero attached hydrogens (tertiary/aromatic N) is 6. The Morgan fingerprint density at radius 1 is 0.717 bits per heavy atom. The van der Waals surface area contributed by atoms with Crippen LogP contribution >= 0.6 is 0 Å². The summed E-state index contributed by atoms with van der Waals surface area (Å²) in [4.78, 5) is 25.6. The molecule has 0 aliphatic rings. The summed E-state index contributed by atoms with van der Waals surface area (Å²) in [5.41, 5.74) is 4.59. The van der Waals surface area contributed by atoms with Crippen molar-refractivity contribution in [2.45, 2.75) is 31.3 Å². The molecule has 53 heavy (non-hydrogen) atoms. The number of ether oxygens (including phenoxy) is 3. The van der Waals surface area contributed by atoms with E-state index in [-0.39, 0.29) is 10.8 Å². The molecule has 0 spiro atoms. The van der Waals surface area contributed by atoms with Crippen molar-refractivity contribution in [3.63, 3.8) is 0 Å². The number of aryl methyl sites for hydroxylation is 1. The summed E-state index contributed by atoms with van der Waals surface area (Å²) in [6, 6.07) is 25.5. The molecule has 0 aliphatic heterocycles. The van der Waals surface area contributed by atoms with Gasteiger partial charge in [-0.05, 0) is 78.1 Å². The van der Waals surface area contributed by atoms with Crippen LogP contribution in [0.5, 0.6) is 17.4 Å². The third-order valence-electron chi connectivity index (χ3n) is 8.29. The molecule has 6 aromatic rings. The average molecular weight is 736 g/mol. The van der Waals surface area contributed by atoms with E-state index in [1.54, 1.807) is 51.6 Å². The third-order valence-corrected chi connectivity index (χ3v) is 9.42. The van der Waals surface area contributed by atoms with E-state index in [2.05, 4.69) is 15.2 Å². The monoisotopic (exact) mass is 735 g/mol. The van der Waals surface area contributed by atoms with Crippen LogP contribution in [0.1, 0.15) is 28.1 Å². The standard InChI is InChI=1S/C39H38FN7O5S/c1-25-43-37(46-39(44-25)47(23-27-6-12-31(50-2)13-7-27)24-28-8-14-32(51-3)15-9-28)34-19-29(18-26-10-16-33(17-11-26)53(5,48)49)21-41-36(34)45-30-20-35(40)38(52-4)42-22-30/h6-17,19-22H,18,23-24H2,1-5H3,(H,41,45). The molecule has 1 N–H and O–H groups in total. The second-order valence-corrected chi connectivity index (χ2v) is 14.2. The second kappa shape index (κ2) is 16.0. The van der Waals surface area contributed by atoms with Gasteiger partial charge in [-0.2, -0.15) is 9.97 Å². The molecular weight excluding hydrogens is 698 g/mol. The zero-order valence-electron chi connectivity index (χ0n) is 29.9. The Bertz CT molecular complexity index is 2260. The topological polar surface area (TPSA) is 142 Å². The summed E-state index contributed by atoms with van der Waals surface area (Å²) in [6.07, 6.45) is 4.76. The molecule has 0 bridgehead atoms. The van der Waals surface area contributed by atoms with Crippen molar-refractivity contribution in [3.8, 4) is 28.8 Å². The molecule has 0 aliphatic carbocycles. The van der Waals surface area contributed by atoms with E-state index >= 15 is 0 Å². The number of rotatable bonds is 14. The van der Waals surface area contributed by atoms with Crippen molar-refractivity contribution in [2.24, 2.45) is 0 Å². The number of methoxy groups -OCH3 is 3. The number of hydrogen-bond acceptors (Lipinski definition) is 12. The number of nitrogens with one attached hydrogen (secondary N) is 1. The van der Waals surface area contributed by atoms with E-state index < -0.39 is 15.7 Å². The van der Waals surface area contributed by atoms with Gasteiger partial charge in [0.2, 0.25) is 11.8 Å². The molecular formula is C39H38FN7O5S. The fourth-order valence-electron chi connectivity index (χ4n) is 5.58. The Morgan fingerprint density at radius 2 is 1.32 bits per heavy atom. The first kappa shape index (κ1) is 36.6. The van der Waals surface area contributed by atoms with Crippen LogP contribution in [0.4, 0.5) is 21.8 Å². The summed E-state index contributed by atoms with van der Waals surface area (Å²) in [5.74, 6) is 2.34. The SMILES string of the molecule is COc1ccc(CN(Cc2ccc(OC)cc2)c2nc(C)nc(-c3cc(Cc4ccc(S(C)(=O)=O)cc4)cnc3Nc3cnc(OC)c(F)c3)n2)cc1. The van der Waals surface area contributed by atoms with Crippen LogP contribution in [-0.4, -0.2) is 60.9 Å².